The predicted molar refractivity (Wildman–Crippen MR) is 73.1 cm³/mol. The van der Waals surface area contributed by atoms with Gasteiger partial charge in [0.25, 0.3) is 0 Å². The average Bonchev–Trinajstić information content (AvgIpc) is 2.77. The molecule has 1 saturated heterocycles. The standard InChI is InChI=1S/C14H23N3/c1-16(2)13-8-10-17(11-13)9-7-12-5-3-4-6-14(12)15/h3-6,13H,7-11,15H2,1-2H3. The minimum Gasteiger partial charge on any atom is -0.399 e. The maximum absolute atomic E-state index is 5.95. The van der Waals surface area contributed by atoms with Crippen molar-refractivity contribution in [2.24, 2.45) is 0 Å². The number of likely N-dealkylation sites (tertiary alicyclic amines) is 1. The molecule has 94 valence electrons. The number of nitrogens with two attached hydrogens (primary N) is 1. The molecule has 0 spiro atoms. The van der Waals surface area contributed by atoms with Crippen molar-refractivity contribution in [2.45, 2.75) is 18.9 Å². The Labute approximate surface area is 104 Å². The molecule has 0 aromatic heterocycles. The average molecular weight is 233 g/mol. The lowest BCUT2D eigenvalue weighted by molar-refractivity contribution is 0.270. The lowest BCUT2D eigenvalue weighted by Gasteiger charge is -2.20. The van der Waals surface area contributed by atoms with Crippen molar-refractivity contribution in [3.05, 3.63) is 29.8 Å². The minimum absolute atomic E-state index is 0.725. The van der Waals surface area contributed by atoms with Crippen molar-refractivity contribution in [3.63, 3.8) is 0 Å². The number of likely N-dealkylation sites (N-methyl/N-ethyl adjacent to an activating group) is 1. The van der Waals surface area contributed by atoms with Gasteiger partial charge in [0.2, 0.25) is 0 Å². The molecule has 0 aliphatic carbocycles. The molecule has 3 nitrogen and oxygen atoms in total. The van der Waals surface area contributed by atoms with E-state index in [1.165, 1.54) is 25.1 Å². The number of anilines is 1. The molecular weight excluding hydrogens is 210 g/mol. The van der Waals surface area contributed by atoms with E-state index >= 15 is 0 Å². The van der Waals surface area contributed by atoms with Gasteiger partial charge in [-0.3, -0.25) is 0 Å². The molecule has 0 bridgehead atoms. The second-order valence-electron chi connectivity index (χ2n) is 5.16. The summed E-state index contributed by atoms with van der Waals surface area (Å²) in [5.41, 5.74) is 8.16. The fourth-order valence-electron chi connectivity index (χ4n) is 2.48. The van der Waals surface area contributed by atoms with E-state index in [0.29, 0.717) is 0 Å². The second kappa shape index (κ2) is 5.52. The van der Waals surface area contributed by atoms with Gasteiger partial charge in [0, 0.05) is 24.8 Å². The van der Waals surface area contributed by atoms with Crippen LogP contribution in [0, 0.1) is 0 Å². The third-order valence-corrected chi connectivity index (χ3v) is 3.73. The number of hydrogen-bond donors (Lipinski definition) is 1. The molecule has 0 saturated carbocycles. The Kier molecular flexibility index (Phi) is 4.02. The largest absolute Gasteiger partial charge is 0.399 e. The summed E-state index contributed by atoms with van der Waals surface area (Å²) in [6.07, 6.45) is 2.35. The van der Waals surface area contributed by atoms with Crippen LogP contribution < -0.4 is 5.73 Å². The van der Waals surface area contributed by atoms with Gasteiger partial charge in [-0.05, 0) is 45.1 Å². The molecule has 1 unspecified atom stereocenters. The van der Waals surface area contributed by atoms with Gasteiger partial charge in [0.05, 0.1) is 0 Å². The lowest BCUT2D eigenvalue weighted by atomic mass is 10.1. The zero-order valence-corrected chi connectivity index (χ0v) is 10.9. The first-order chi connectivity index (χ1) is 8.16. The van der Waals surface area contributed by atoms with E-state index in [9.17, 15) is 0 Å². The van der Waals surface area contributed by atoms with Crippen molar-refractivity contribution in [1.29, 1.82) is 0 Å². The van der Waals surface area contributed by atoms with Crippen LogP contribution in [-0.4, -0.2) is 49.6 Å². The van der Waals surface area contributed by atoms with E-state index in [-0.39, 0.29) is 0 Å². The number of rotatable bonds is 4. The van der Waals surface area contributed by atoms with Gasteiger partial charge in [-0.2, -0.15) is 0 Å². The molecular formula is C14H23N3. The van der Waals surface area contributed by atoms with Crippen LogP contribution in [0.4, 0.5) is 5.69 Å². The minimum atomic E-state index is 0.725. The fourth-order valence-corrected chi connectivity index (χ4v) is 2.48. The number of para-hydroxylation sites is 1. The lowest BCUT2D eigenvalue weighted by Crippen LogP contribution is -2.32. The summed E-state index contributed by atoms with van der Waals surface area (Å²) in [4.78, 5) is 4.87. The van der Waals surface area contributed by atoms with E-state index in [4.69, 9.17) is 5.73 Å². The monoisotopic (exact) mass is 233 g/mol. The number of nitrogens with zero attached hydrogens (tertiary/aromatic N) is 2. The van der Waals surface area contributed by atoms with Crippen LogP contribution in [-0.2, 0) is 6.42 Å². The molecule has 1 aliphatic rings. The van der Waals surface area contributed by atoms with Gasteiger partial charge in [-0.1, -0.05) is 18.2 Å². The van der Waals surface area contributed by atoms with Gasteiger partial charge >= 0.3 is 0 Å². The Morgan fingerprint density at radius 1 is 1.35 bits per heavy atom. The third kappa shape index (κ3) is 3.20. The highest BCUT2D eigenvalue weighted by atomic mass is 15.2. The molecule has 17 heavy (non-hydrogen) atoms. The molecule has 1 aliphatic heterocycles. The van der Waals surface area contributed by atoms with Crippen LogP contribution >= 0.6 is 0 Å². The predicted octanol–water partition coefficient (Wildman–Crippen LogP) is 1.45. The first-order valence-electron chi connectivity index (χ1n) is 6.39. The van der Waals surface area contributed by atoms with Gasteiger partial charge in [-0.25, -0.2) is 0 Å². The normalized spacial score (nSPS) is 21.2. The summed E-state index contributed by atoms with van der Waals surface area (Å²) < 4.78 is 0. The smallest absolute Gasteiger partial charge is 0.0347 e. The Morgan fingerprint density at radius 3 is 2.76 bits per heavy atom. The van der Waals surface area contributed by atoms with Gasteiger partial charge in [-0.15, -0.1) is 0 Å². The van der Waals surface area contributed by atoms with Crippen molar-refractivity contribution >= 4 is 5.69 Å². The highest BCUT2D eigenvalue weighted by Gasteiger charge is 2.23. The third-order valence-electron chi connectivity index (χ3n) is 3.73. The fraction of sp³-hybridized carbons (Fsp3) is 0.571. The number of benzene rings is 1. The molecule has 1 aromatic carbocycles. The Balaban J connectivity index is 1.82. The molecule has 2 N–H and O–H groups in total. The Hall–Kier alpha value is -1.06. The molecule has 3 heteroatoms. The zero-order valence-electron chi connectivity index (χ0n) is 10.9. The van der Waals surface area contributed by atoms with Crippen molar-refractivity contribution in [2.75, 3.05) is 39.5 Å². The van der Waals surface area contributed by atoms with Gasteiger partial charge < -0.3 is 15.5 Å². The van der Waals surface area contributed by atoms with Crippen LogP contribution in [0.25, 0.3) is 0 Å². The molecule has 0 amide bonds. The zero-order chi connectivity index (χ0) is 12.3. The van der Waals surface area contributed by atoms with Crippen LogP contribution in [0.15, 0.2) is 24.3 Å². The van der Waals surface area contributed by atoms with Gasteiger partial charge in [0.15, 0.2) is 0 Å². The van der Waals surface area contributed by atoms with Crippen LogP contribution in [0.1, 0.15) is 12.0 Å². The molecule has 2 rings (SSSR count). The van der Waals surface area contributed by atoms with E-state index in [1.54, 1.807) is 0 Å². The van der Waals surface area contributed by atoms with Crippen molar-refractivity contribution < 1.29 is 0 Å². The van der Waals surface area contributed by atoms with Crippen LogP contribution in [0.3, 0.4) is 0 Å². The summed E-state index contributed by atoms with van der Waals surface area (Å²) in [6.45, 7) is 3.54. The van der Waals surface area contributed by atoms with Crippen molar-refractivity contribution in [1.82, 2.24) is 9.80 Å². The summed E-state index contributed by atoms with van der Waals surface area (Å²) in [7, 11) is 4.34. The quantitative estimate of drug-likeness (QED) is 0.799. The van der Waals surface area contributed by atoms with Crippen LogP contribution in [0.5, 0.6) is 0 Å². The highest BCUT2D eigenvalue weighted by Crippen LogP contribution is 2.16. The molecule has 1 aromatic rings. The SMILES string of the molecule is CN(C)C1CCN(CCc2ccccc2N)C1. The topological polar surface area (TPSA) is 32.5 Å². The summed E-state index contributed by atoms with van der Waals surface area (Å²) >= 11 is 0. The summed E-state index contributed by atoms with van der Waals surface area (Å²) in [6, 6.07) is 8.91. The van der Waals surface area contributed by atoms with E-state index < -0.39 is 0 Å². The molecule has 0 radical (unpaired) electrons. The van der Waals surface area contributed by atoms with E-state index in [0.717, 1.165) is 24.7 Å². The highest BCUT2D eigenvalue weighted by molar-refractivity contribution is 5.46. The maximum atomic E-state index is 5.95. The Morgan fingerprint density at radius 2 is 2.12 bits per heavy atom. The van der Waals surface area contributed by atoms with Crippen molar-refractivity contribution in [3.8, 4) is 0 Å². The maximum Gasteiger partial charge on any atom is 0.0347 e. The summed E-state index contributed by atoms with van der Waals surface area (Å²) in [5.74, 6) is 0. The summed E-state index contributed by atoms with van der Waals surface area (Å²) in [5, 5.41) is 0. The van der Waals surface area contributed by atoms with Crippen LogP contribution in [0.2, 0.25) is 0 Å². The number of nitrogen functional groups attached to an aromatic ring is 1. The number of hydrogen-bond acceptors (Lipinski definition) is 3. The van der Waals surface area contributed by atoms with Gasteiger partial charge in [0.1, 0.15) is 0 Å². The van der Waals surface area contributed by atoms with E-state index in [2.05, 4.69) is 36.0 Å². The molecule has 1 atom stereocenters. The second-order valence-corrected chi connectivity index (χ2v) is 5.16. The first-order valence-corrected chi connectivity index (χ1v) is 6.39. The van der Waals surface area contributed by atoms with E-state index in [1.807, 2.05) is 12.1 Å². The molecule has 1 heterocycles. The first kappa shape index (κ1) is 12.4. The molecule has 1 fully saturated rings. The Bertz CT molecular complexity index is 362.